The van der Waals surface area contributed by atoms with E-state index in [0.29, 0.717) is 37.2 Å². The molecule has 2 aliphatic rings. The van der Waals surface area contributed by atoms with E-state index in [1.807, 2.05) is 12.1 Å². The molecule has 0 spiro atoms. The Morgan fingerprint density at radius 3 is 2.59 bits per heavy atom. The number of sulfonamides is 1. The lowest BCUT2D eigenvalue weighted by molar-refractivity contribution is -0.120. The summed E-state index contributed by atoms with van der Waals surface area (Å²) < 4.78 is 32.8. The molecule has 2 aliphatic heterocycles. The Kier molecular flexibility index (Phi) is 5.97. The number of amides is 2. The Hall–Kier alpha value is -3.43. The van der Waals surface area contributed by atoms with E-state index in [2.05, 4.69) is 5.32 Å². The van der Waals surface area contributed by atoms with Gasteiger partial charge in [0.2, 0.25) is 15.9 Å². The smallest absolute Gasteiger partial charge is 0.261 e. The maximum atomic E-state index is 13.2. The van der Waals surface area contributed by atoms with Gasteiger partial charge in [0, 0.05) is 24.5 Å². The van der Waals surface area contributed by atoms with Crippen LogP contribution in [-0.2, 0) is 21.2 Å². The largest absolute Gasteiger partial charge is 0.472 e. The highest BCUT2D eigenvalue weighted by atomic mass is 32.2. The van der Waals surface area contributed by atoms with Crippen LogP contribution in [0.15, 0.2) is 76.4 Å². The molecule has 2 aromatic carbocycles. The van der Waals surface area contributed by atoms with E-state index in [1.54, 1.807) is 47.4 Å². The second kappa shape index (κ2) is 9.08. The van der Waals surface area contributed by atoms with Crippen molar-refractivity contribution in [3.05, 3.63) is 78.3 Å². The molecule has 8 nitrogen and oxygen atoms in total. The number of hydrogen-bond acceptors (Lipinski definition) is 5. The average molecular weight is 480 g/mol. The molecule has 0 radical (unpaired) electrons. The van der Waals surface area contributed by atoms with Crippen molar-refractivity contribution in [2.45, 2.75) is 36.6 Å². The number of carbonyl (C=O) groups excluding carboxylic acids is 2. The molecule has 34 heavy (non-hydrogen) atoms. The predicted molar refractivity (Wildman–Crippen MR) is 127 cm³/mol. The third kappa shape index (κ3) is 4.12. The average Bonchev–Trinajstić information content (AvgIpc) is 3.54. The van der Waals surface area contributed by atoms with Gasteiger partial charge in [-0.3, -0.25) is 9.59 Å². The summed E-state index contributed by atoms with van der Waals surface area (Å²) >= 11 is 0. The van der Waals surface area contributed by atoms with E-state index in [9.17, 15) is 18.0 Å². The molecule has 1 N–H and O–H groups in total. The molecule has 0 aliphatic carbocycles. The molecule has 3 aromatic rings. The lowest BCUT2D eigenvalue weighted by Crippen LogP contribution is -2.49. The van der Waals surface area contributed by atoms with Crippen LogP contribution in [0.4, 0.5) is 11.4 Å². The first-order valence-electron chi connectivity index (χ1n) is 11.3. The van der Waals surface area contributed by atoms with E-state index in [0.717, 1.165) is 24.1 Å². The molecule has 5 rings (SSSR count). The van der Waals surface area contributed by atoms with Gasteiger partial charge in [0.1, 0.15) is 12.3 Å². The molecule has 3 heterocycles. The van der Waals surface area contributed by atoms with E-state index >= 15 is 0 Å². The summed E-state index contributed by atoms with van der Waals surface area (Å²) in [5.41, 5.74) is 2.83. The van der Waals surface area contributed by atoms with Gasteiger partial charge in [-0.05, 0) is 61.2 Å². The number of rotatable bonds is 5. The second-order valence-corrected chi connectivity index (χ2v) is 10.4. The molecule has 2 amide bonds. The minimum atomic E-state index is -3.78. The van der Waals surface area contributed by atoms with Crippen molar-refractivity contribution in [1.29, 1.82) is 0 Å². The van der Waals surface area contributed by atoms with Crippen LogP contribution in [0.25, 0.3) is 0 Å². The Morgan fingerprint density at radius 1 is 1.00 bits per heavy atom. The van der Waals surface area contributed by atoms with Gasteiger partial charge in [-0.2, -0.15) is 4.31 Å². The van der Waals surface area contributed by atoms with Gasteiger partial charge in [-0.25, -0.2) is 8.42 Å². The van der Waals surface area contributed by atoms with Crippen LogP contribution < -0.4 is 10.2 Å². The van der Waals surface area contributed by atoms with Crippen LogP contribution >= 0.6 is 0 Å². The number of furan rings is 1. The molecule has 0 bridgehead atoms. The molecule has 1 aromatic heterocycles. The van der Waals surface area contributed by atoms with Crippen LogP contribution in [0.3, 0.4) is 0 Å². The van der Waals surface area contributed by atoms with Crippen LogP contribution in [0, 0.1) is 0 Å². The lowest BCUT2D eigenvalue weighted by atomic mass is 10.0. The van der Waals surface area contributed by atoms with Gasteiger partial charge in [-0.15, -0.1) is 0 Å². The number of hydrogen-bond donors (Lipinski definition) is 1. The minimum absolute atomic E-state index is 0.131. The van der Waals surface area contributed by atoms with Crippen molar-refractivity contribution in [1.82, 2.24) is 4.31 Å². The summed E-state index contributed by atoms with van der Waals surface area (Å²) in [6, 6.07) is 14.5. The van der Waals surface area contributed by atoms with Crippen LogP contribution in [-0.4, -0.2) is 43.7 Å². The van der Waals surface area contributed by atoms with Gasteiger partial charge in [0.25, 0.3) is 5.91 Å². The van der Waals surface area contributed by atoms with Crippen LogP contribution in [0.2, 0.25) is 0 Å². The summed E-state index contributed by atoms with van der Waals surface area (Å²) in [7, 11) is -3.78. The first-order valence-corrected chi connectivity index (χ1v) is 12.7. The maximum Gasteiger partial charge on any atom is 0.261 e. The predicted octanol–water partition coefficient (Wildman–Crippen LogP) is 3.66. The van der Waals surface area contributed by atoms with Crippen molar-refractivity contribution in [2.75, 3.05) is 23.3 Å². The van der Waals surface area contributed by atoms with E-state index in [4.69, 9.17) is 4.42 Å². The minimum Gasteiger partial charge on any atom is -0.472 e. The third-order valence-corrected chi connectivity index (χ3v) is 8.28. The Bertz CT molecular complexity index is 1310. The maximum absolute atomic E-state index is 13.2. The Labute approximate surface area is 198 Å². The van der Waals surface area contributed by atoms with E-state index in [1.165, 1.54) is 16.8 Å². The Morgan fingerprint density at radius 2 is 1.82 bits per heavy atom. The monoisotopic (exact) mass is 479 g/mol. The SMILES string of the molecule is O=C(Nc1ccc2c(c1)CCN2C(=O)c1ccoc1)C1CCCCN1S(=O)(=O)c1ccccc1. The second-order valence-electron chi connectivity index (χ2n) is 8.49. The normalized spacial score (nSPS) is 18.5. The summed E-state index contributed by atoms with van der Waals surface area (Å²) in [5, 5.41) is 2.90. The number of nitrogens with one attached hydrogen (secondary N) is 1. The molecule has 1 atom stereocenters. The topological polar surface area (TPSA) is 99.9 Å². The Balaban J connectivity index is 1.33. The van der Waals surface area contributed by atoms with E-state index in [-0.39, 0.29) is 16.7 Å². The zero-order valence-electron chi connectivity index (χ0n) is 18.5. The number of benzene rings is 2. The highest BCUT2D eigenvalue weighted by Gasteiger charge is 2.37. The van der Waals surface area contributed by atoms with Gasteiger partial charge in [0.05, 0.1) is 16.7 Å². The number of piperidine rings is 1. The molecule has 176 valence electrons. The number of carbonyl (C=O) groups is 2. The van der Waals surface area contributed by atoms with Crippen molar-refractivity contribution >= 4 is 33.2 Å². The molecule has 9 heteroatoms. The molecular weight excluding hydrogens is 454 g/mol. The fourth-order valence-electron chi connectivity index (χ4n) is 4.64. The first kappa shape index (κ1) is 22.4. The summed E-state index contributed by atoms with van der Waals surface area (Å²) in [4.78, 5) is 27.8. The van der Waals surface area contributed by atoms with Gasteiger partial charge in [0.15, 0.2) is 0 Å². The zero-order valence-corrected chi connectivity index (χ0v) is 19.3. The van der Waals surface area contributed by atoms with Gasteiger partial charge in [-0.1, -0.05) is 24.6 Å². The van der Waals surface area contributed by atoms with Crippen LogP contribution in [0.5, 0.6) is 0 Å². The van der Waals surface area contributed by atoms with Crippen molar-refractivity contribution in [3.63, 3.8) is 0 Å². The summed E-state index contributed by atoms with van der Waals surface area (Å²) in [6.45, 7) is 0.854. The van der Waals surface area contributed by atoms with Crippen molar-refractivity contribution in [3.8, 4) is 0 Å². The molecule has 1 unspecified atom stereocenters. The zero-order chi connectivity index (χ0) is 23.7. The van der Waals surface area contributed by atoms with Crippen molar-refractivity contribution in [2.24, 2.45) is 0 Å². The quantitative estimate of drug-likeness (QED) is 0.602. The third-order valence-electron chi connectivity index (χ3n) is 6.36. The number of nitrogens with zero attached hydrogens (tertiary/aromatic N) is 2. The van der Waals surface area contributed by atoms with E-state index < -0.39 is 16.1 Å². The van der Waals surface area contributed by atoms with Crippen LogP contribution in [0.1, 0.15) is 35.2 Å². The fraction of sp³-hybridized carbons (Fsp3) is 0.280. The lowest BCUT2D eigenvalue weighted by Gasteiger charge is -2.33. The molecule has 0 saturated carbocycles. The number of anilines is 2. The standard InChI is InChI=1S/C25H25N3O5S/c29-24(23-8-4-5-13-28(23)34(31,32)21-6-2-1-3-7-21)26-20-9-10-22-18(16-20)11-14-27(22)25(30)19-12-15-33-17-19/h1-3,6-7,9-10,12,15-17,23H,4-5,8,11,13-14H2,(H,26,29). The van der Waals surface area contributed by atoms with Crippen molar-refractivity contribution < 1.29 is 22.4 Å². The molecular formula is C25H25N3O5S. The van der Waals surface area contributed by atoms with Gasteiger partial charge >= 0.3 is 0 Å². The van der Waals surface area contributed by atoms with Gasteiger partial charge < -0.3 is 14.6 Å². The fourth-order valence-corrected chi connectivity index (χ4v) is 6.32. The molecule has 1 saturated heterocycles. The summed E-state index contributed by atoms with van der Waals surface area (Å²) in [5.74, 6) is -0.475. The highest BCUT2D eigenvalue weighted by molar-refractivity contribution is 7.89. The first-order chi connectivity index (χ1) is 16.4. The molecule has 1 fully saturated rings. The highest BCUT2D eigenvalue weighted by Crippen LogP contribution is 2.32. The summed E-state index contributed by atoms with van der Waals surface area (Å²) in [6.07, 6.45) is 5.53. The number of fused-ring (bicyclic) bond motifs is 1.